The maximum atomic E-state index is 13.8. The van der Waals surface area contributed by atoms with Gasteiger partial charge in [-0.05, 0) is 62.5 Å². The van der Waals surface area contributed by atoms with Gasteiger partial charge in [-0.2, -0.15) is 0 Å². The second-order valence-corrected chi connectivity index (χ2v) is 6.79. The van der Waals surface area contributed by atoms with Crippen molar-refractivity contribution in [1.82, 2.24) is 10.2 Å². The molecule has 2 aliphatic rings. The highest BCUT2D eigenvalue weighted by Crippen LogP contribution is 2.28. The Bertz CT molecular complexity index is 543. The van der Waals surface area contributed by atoms with E-state index < -0.39 is 0 Å². The van der Waals surface area contributed by atoms with Crippen molar-refractivity contribution in [2.24, 2.45) is 5.92 Å². The summed E-state index contributed by atoms with van der Waals surface area (Å²) < 4.78 is 13.8. The van der Waals surface area contributed by atoms with Gasteiger partial charge in [0.1, 0.15) is 12.1 Å². The standard InChI is InChI=1S/C18H26FN3O/c1-21-7-9-22(10-8-21)18-5-4-16(19)12-15(18)11-14-3-2-6-20-17(14)13-23/h4-5,12-14,17,20H,2-3,6-11H2,1H3. The Kier molecular flexibility index (Phi) is 5.28. The van der Waals surface area contributed by atoms with Crippen LogP contribution in [0.2, 0.25) is 0 Å². The van der Waals surface area contributed by atoms with Gasteiger partial charge >= 0.3 is 0 Å². The number of rotatable bonds is 4. The summed E-state index contributed by atoms with van der Waals surface area (Å²) in [5, 5.41) is 3.28. The van der Waals surface area contributed by atoms with Crippen LogP contribution in [-0.2, 0) is 11.2 Å². The second kappa shape index (κ2) is 7.41. The number of benzene rings is 1. The van der Waals surface area contributed by atoms with Crippen LogP contribution in [0.25, 0.3) is 0 Å². The highest BCUT2D eigenvalue weighted by molar-refractivity contribution is 5.59. The fourth-order valence-electron chi connectivity index (χ4n) is 3.72. The Labute approximate surface area is 137 Å². The van der Waals surface area contributed by atoms with E-state index in [0.717, 1.165) is 69.5 Å². The summed E-state index contributed by atoms with van der Waals surface area (Å²) in [5.41, 5.74) is 2.17. The Morgan fingerprint density at radius 1 is 1.30 bits per heavy atom. The summed E-state index contributed by atoms with van der Waals surface area (Å²) in [5.74, 6) is 0.0681. The molecule has 0 spiro atoms. The van der Waals surface area contributed by atoms with Crippen molar-refractivity contribution < 1.29 is 9.18 Å². The van der Waals surface area contributed by atoms with Crippen molar-refractivity contribution >= 4 is 12.0 Å². The number of halogens is 1. The summed E-state index contributed by atoms with van der Waals surface area (Å²) in [6, 6.07) is 5.01. The molecule has 0 amide bonds. The molecule has 1 N–H and O–H groups in total. The van der Waals surface area contributed by atoms with Crippen LogP contribution in [0.5, 0.6) is 0 Å². The molecule has 5 heteroatoms. The number of nitrogens with zero attached hydrogens (tertiary/aromatic N) is 2. The van der Waals surface area contributed by atoms with Gasteiger partial charge in [0.2, 0.25) is 0 Å². The van der Waals surface area contributed by atoms with E-state index in [-0.39, 0.29) is 17.8 Å². The monoisotopic (exact) mass is 319 g/mol. The first kappa shape index (κ1) is 16.4. The highest BCUT2D eigenvalue weighted by Gasteiger charge is 2.26. The van der Waals surface area contributed by atoms with Gasteiger partial charge in [-0.25, -0.2) is 4.39 Å². The average Bonchev–Trinajstić information content (AvgIpc) is 2.57. The molecule has 0 aliphatic carbocycles. The number of likely N-dealkylation sites (N-methyl/N-ethyl adjacent to an activating group) is 1. The van der Waals surface area contributed by atoms with E-state index in [1.165, 1.54) is 0 Å². The molecule has 126 valence electrons. The predicted molar refractivity (Wildman–Crippen MR) is 90.4 cm³/mol. The average molecular weight is 319 g/mol. The Hall–Kier alpha value is -1.46. The molecule has 0 saturated carbocycles. The molecule has 2 aliphatic heterocycles. The largest absolute Gasteiger partial charge is 0.369 e. The molecular weight excluding hydrogens is 293 g/mol. The van der Waals surface area contributed by atoms with E-state index in [4.69, 9.17) is 0 Å². The Balaban J connectivity index is 1.80. The molecule has 4 nitrogen and oxygen atoms in total. The molecule has 2 fully saturated rings. The number of aldehydes is 1. The molecule has 23 heavy (non-hydrogen) atoms. The molecule has 0 bridgehead atoms. The first-order valence-electron chi connectivity index (χ1n) is 8.58. The van der Waals surface area contributed by atoms with Crippen molar-refractivity contribution in [2.75, 3.05) is 44.7 Å². The number of nitrogens with one attached hydrogen (secondary N) is 1. The zero-order valence-electron chi connectivity index (χ0n) is 13.8. The lowest BCUT2D eigenvalue weighted by Gasteiger charge is -2.36. The van der Waals surface area contributed by atoms with Crippen molar-refractivity contribution in [3.05, 3.63) is 29.6 Å². The summed E-state index contributed by atoms with van der Waals surface area (Å²) in [6.07, 6.45) is 3.87. The SMILES string of the molecule is CN1CCN(c2ccc(F)cc2CC2CCCNC2C=O)CC1. The maximum Gasteiger partial charge on any atom is 0.137 e. The third kappa shape index (κ3) is 3.90. The Morgan fingerprint density at radius 2 is 2.09 bits per heavy atom. The van der Waals surface area contributed by atoms with Gasteiger partial charge in [0.25, 0.3) is 0 Å². The van der Waals surface area contributed by atoms with Crippen LogP contribution in [0.4, 0.5) is 10.1 Å². The maximum absolute atomic E-state index is 13.8. The van der Waals surface area contributed by atoms with Crippen LogP contribution in [0.1, 0.15) is 18.4 Å². The number of hydrogen-bond donors (Lipinski definition) is 1. The van der Waals surface area contributed by atoms with Gasteiger partial charge in [0, 0.05) is 31.9 Å². The van der Waals surface area contributed by atoms with Crippen molar-refractivity contribution in [2.45, 2.75) is 25.3 Å². The minimum atomic E-state index is -0.190. The lowest BCUT2D eigenvalue weighted by Crippen LogP contribution is -2.45. The van der Waals surface area contributed by atoms with Crippen LogP contribution >= 0.6 is 0 Å². The van der Waals surface area contributed by atoms with Crippen LogP contribution in [0, 0.1) is 11.7 Å². The van der Waals surface area contributed by atoms with E-state index >= 15 is 0 Å². The highest BCUT2D eigenvalue weighted by atomic mass is 19.1. The topological polar surface area (TPSA) is 35.6 Å². The molecule has 0 aromatic heterocycles. The predicted octanol–water partition coefficient (Wildman–Crippen LogP) is 1.69. The first-order valence-corrected chi connectivity index (χ1v) is 8.58. The number of carbonyl (C=O) groups excluding carboxylic acids is 1. The molecule has 2 saturated heterocycles. The van der Waals surface area contributed by atoms with E-state index in [9.17, 15) is 9.18 Å². The minimum absolute atomic E-state index is 0.104. The van der Waals surface area contributed by atoms with Crippen LogP contribution in [-0.4, -0.2) is 57.0 Å². The Morgan fingerprint density at radius 3 is 2.83 bits per heavy atom. The summed E-state index contributed by atoms with van der Waals surface area (Å²) >= 11 is 0. The summed E-state index contributed by atoms with van der Waals surface area (Å²) in [6.45, 7) is 4.89. The molecule has 3 rings (SSSR count). The second-order valence-electron chi connectivity index (χ2n) is 6.79. The normalized spacial score (nSPS) is 26.3. The van der Waals surface area contributed by atoms with Gasteiger partial charge < -0.3 is 19.9 Å². The first-order chi connectivity index (χ1) is 11.2. The molecule has 2 unspecified atom stereocenters. The van der Waals surface area contributed by atoms with E-state index in [1.54, 1.807) is 12.1 Å². The lowest BCUT2D eigenvalue weighted by molar-refractivity contribution is -0.111. The third-order valence-electron chi connectivity index (χ3n) is 5.15. The number of piperidine rings is 1. The lowest BCUT2D eigenvalue weighted by atomic mass is 9.85. The number of anilines is 1. The zero-order chi connectivity index (χ0) is 16.2. The molecule has 0 radical (unpaired) electrons. The number of piperazine rings is 1. The van der Waals surface area contributed by atoms with Crippen molar-refractivity contribution in [1.29, 1.82) is 0 Å². The fraction of sp³-hybridized carbons (Fsp3) is 0.611. The van der Waals surface area contributed by atoms with Crippen molar-refractivity contribution in [3.63, 3.8) is 0 Å². The molecule has 2 atom stereocenters. The number of carbonyl (C=O) groups is 1. The van der Waals surface area contributed by atoms with E-state index in [1.807, 2.05) is 6.07 Å². The quantitative estimate of drug-likeness (QED) is 0.857. The van der Waals surface area contributed by atoms with E-state index in [2.05, 4.69) is 22.2 Å². The van der Waals surface area contributed by atoms with Gasteiger partial charge in [0.15, 0.2) is 0 Å². The fourth-order valence-corrected chi connectivity index (χ4v) is 3.72. The summed E-state index contributed by atoms with van der Waals surface area (Å²) in [4.78, 5) is 16.0. The molecule has 1 aromatic carbocycles. The van der Waals surface area contributed by atoms with E-state index in [0.29, 0.717) is 0 Å². The molecule has 2 heterocycles. The van der Waals surface area contributed by atoms with Gasteiger partial charge in [-0.15, -0.1) is 0 Å². The minimum Gasteiger partial charge on any atom is -0.369 e. The van der Waals surface area contributed by atoms with Gasteiger partial charge in [0.05, 0.1) is 6.04 Å². The molecular formula is C18H26FN3O. The van der Waals surface area contributed by atoms with Gasteiger partial charge in [-0.1, -0.05) is 0 Å². The van der Waals surface area contributed by atoms with Crippen molar-refractivity contribution in [3.8, 4) is 0 Å². The van der Waals surface area contributed by atoms with Crippen LogP contribution < -0.4 is 10.2 Å². The summed E-state index contributed by atoms with van der Waals surface area (Å²) in [7, 11) is 2.13. The third-order valence-corrected chi connectivity index (χ3v) is 5.15. The zero-order valence-corrected chi connectivity index (χ0v) is 13.8. The molecule has 1 aromatic rings. The van der Waals surface area contributed by atoms with Crippen LogP contribution in [0.15, 0.2) is 18.2 Å². The smallest absolute Gasteiger partial charge is 0.137 e. The van der Waals surface area contributed by atoms with Gasteiger partial charge in [-0.3, -0.25) is 0 Å². The van der Waals surface area contributed by atoms with Crippen LogP contribution in [0.3, 0.4) is 0 Å². The number of hydrogen-bond acceptors (Lipinski definition) is 4.